The second-order valence-corrected chi connectivity index (χ2v) is 11.1. The zero-order valence-corrected chi connectivity index (χ0v) is 20.6. The normalized spacial score (nSPS) is 21.0. The van der Waals surface area contributed by atoms with Crippen LogP contribution < -0.4 is 10.9 Å². The van der Waals surface area contributed by atoms with Crippen LogP contribution in [0.25, 0.3) is 0 Å². The van der Waals surface area contributed by atoms with Gasteiger partial charge in [0, 0.05) is 31.7 Å². The van der Waals surface area contributed by atoms with Gasteiger partial charge in [-0.05, 0) is 56.9 Å². The first kappa shape index (κ1) is 24.7. The second-order valence-electron chi connectivity index (χ2n) is 8.80. The minimum Gasteiger partial charge on any atom is -0.381 e. The molecule has 4 rings (SSSR count). The van der Waals surface area contributed by atoms with Crippen molar-refractivity contribution in [2.24, 2.45) is 5.92 Å². The summed E-state index contributed by atoms with van der Waals surface area (Å²) in [6.07, 6.45) is 4.54. The number of aromatic nitrogens is 2. The highest BCUT2D eigenvalue weighted by Gasteiger charge is 2.31. The molecule has 1 aromatic heterocycles. The summed E-state index contributed by atoms with van der Waals surface area (Å²) in [5, 5.41) is 16.7. The Balaban J connectivity index is 1.42. The fraction of sp³-hybridized carbons (Fsp3) is 0.522. The van der Waals surface area contributed by atoms with Crippen molar-refractivity contribution in [2.75, 3.05) is 31.6 Å². The lowest BCUT2D eigenvalue weighted by molar-refractivity contribution is 0.0496. The molecule has 0 bridgehead atoms. The molecule has 1 unspecified atom stereocenters. The SMILES string of the molecule is CC(Nc1cnn(C2CCN(S(=O)(=O)c3ccc(C#N)cc3)CC2)c(=O)c1Cl)[C@@H]1CCCOC1. The first-order valence-corrected chi connectivity index (χ1v) is 13.2. The number of halogens is 1. The Labute approximate surface area is 204 Å². The molecule has 0 amide bonds. The predicted octanol–water partition coefficient (Wildman–Crippen LogP) is 3.02. The lowest BCUT2D eigenvalue weighted by atomic mass is 9.95. The molecule has 2 fully saturated rings. The number of hydrogen-bond acceptors (Lipinski definition) is 7. The van der Waals surface area contributed by atoms with Crippen molar-refractivity contribution in [2.45, 2.75) is 49.6 Å². The summed E-state index contributed by atoms with van der Waals surface area (Å²) in [5.74, 6) is 0.342. The fourth-order valence-corrected chi connectivity index (χ4v) is 6.17. The van der Waals surface area contributed by atoms with Gasteiger partial charge in [0.15, 0.2) is 0 Å². The van der Waals surface area contributed by atoms with E-state index in [-0.39, 0.29) is 40.7 Å². The molecule has 0 radical (unpaired) electrons. The molecule has 3 heterocycles. The molecule has 9 nitrogen and oxygen atoms in total. The van der Waals surface area contributed by atoms with Crippen LogP contribution in [0.3, 0.4) is 0 Å². The van der Waals surface area contributed by atoms with Crippen molar-refractivity contribution in [1.82, 2.24) is 14.1 Å². The Hall–Kier alpha value is -2.45. The fourth-order valence-electron chi connectivity index (χ4n) is 4.51. The number of hydrogen-bond donors (Lipinski definition) is 1. The van der Waals surface area contributed by atoms with Crippen molar-refractivity contribution < 1.29 is 13.2 Å². The van der Waals surface area contributed by atoms with E-state index in [4.69, 9.17) is 21.6 Å². The van der Waals surface area contributed by atoms with Crippen LogP contribution in [0.1, 0.15) is 44.2 Å². The average molecular weight is 506 g/mol. The molecule has 2 atom stereocenters. The number of nitrogens with one attached hydrogen (secondary N) is 1. The summed E-state index contributed by atoms with van der Waals surface area (Å²) in [6, 6.07) is 7.69. The number of ether oxygens (including phenoxy) is 1. The Morgan fingerprint density at radius 1 is 1.24 bits per heavy atom. The summed E-state index contributed by atoms with van der Waals surface area (Å²) in [6.45, 7) is 4.04. The quantitative estimate of drug-likeness (QED) is 0.641. The van der Waals surface area contributed by atoms with E-state index in [0.717, 1.165) is 19.4 Å². The molecular weight excluding hydrogens is 478 g/mol. The van der Waals surface area contributed by atoms with E-state index in [9.17, 15) is 13.2 Å². The average Bonchev–Trinajstić information content (AvgIpc) is 2.87. The minimum absolute atomic E-state index is 0.0884. The predicted molar refractivity (Wildman–Crippen MR) is 128 cm³/mol. The van der Waals surface area contributed by atoms with Gasteiger partial charge in [-0.1, -0.05) is 11.6 Å². The van der Waals surface area contributed by atoms with Crippen molar-refractivity contribution in [1.29, 1.82) is 5.26 Å². The van der Waals surface area contributed by atoms with Crippen molar-refractivity contribution in [3.05, 3.63) is 51.4 Å². The highest BCUT2D eigenvalue weighted by molar-refractivity contribution is 7.89. The van der Waals surface area contributed by atoms with Crippen LogP contribution in [0.4, 0.5) is 5.69 Å². The van der Waals surface area contributed by atoms with Crippen LogP contribution in [0, 0.1) is 17.2 Å². The summed E-state index contributed by atoms with van der Waals surface area (Å²) < 4.78 is 34.2. The lowest BCUT2D eigenvalue weighted by Gasteiger charge is -2.32. The van der Waals surface area contributed by atoms with Crippen molar-refractivity contribution in [3.63, 3.8) is 0 Å². The molecule has 1 aromatic carbocycles. The minimum atomic E-state index is -3.67. The smallest absolute Gasteiger partial charge is 0.287 e. The maximum atomic E-state index is 13.0. The Morgan fingerprint density at radius 3 is 2.56 bits per heavy atom. The molecule has 0 spiro atoms. The molecule has 2 aromatic rings. The van der Waals surface area contributed by atoms with Gasteiger partial charge in [-0.15, -0.1) is 0 Å². The maximum Gasteiger partial charge on any atom is 0.287 e. The Bertz CT molecular complexity index is 1210. The third-order valence-electron chi connectivity index (χ3n) is 6.62. The van der Waals surface area contributed by atoms with Gasteiger partial charge in [-0.2, -0.15) is 14.7 Å². The van der Waals surface area contributed by atoms with Gasteiger partial charge in [0.2, 0.25) is 10.0 Å². The van der Waals surface area contributed by atoms with E-state index in [2.05, 4.69) is 10.4 Å². The van der Waals surface area contributed by atoms with Crippen LogP contribution in [-0.2, 0) is 14.8 Å². The maximum absolute atomic E-state index is 13.0. The van der Waals surface area contributed by atoms with Gasteiger partial charge in [0.25, 0.3) is 5.56 Å². The molecule has 182 valence electrons. The zero-order chi connectivity index (χ0) is 24.3. The van der Waals surface area contributed by atoms with E-state index >= 15 is 0 Å². The van der Waals surface area contributed by atoms with Gasteiger partial charge in [0.1, 0.15) is 5.02 Å². The van der Waals surface area contributed by atoms with Crippen LogP contribution in [0.2, 0.25) is 5.02 Å². The molecule has 2 aliphatic heterocycles. The first-order chi connectivity index (χ1) is 16.3. The van der Waals surface area contributed by atoms with Crippen LogP contribution >= 0.6 is 11.6 Å². The second kappa shape index (κ2) is 10.4. The van der Waals surface area contributed by atoms with Crippen molar-refractivity contribution in [3.8, 4) is 6.07 Å². The number of benzene rings is 1. The van der Waals surface area contributed by atoms with Crippen LogP contribution in [0.5, 0.6) is 0 Å². The number of nitriles is 1. The number of rotatable bonds is 6. The molecule has 34 heavy (non-hydrogen) atoms. The Morgan fingerprint density at radius 2 is 1.94 bits per heavy atom. The molecule has 11 heteroatoms. The van der Waals surface area contributed by atoms with Crippen molar-refractivity contribution >= 4 is 27.3 Å². The van der Waals surface area contributed by atoms with Gasteiger partial charge in [0.05, 0.1) is 41.1 Å². The molecule has 1 N–H and O–H groups in total. The zero-order valence-electron chi connectivity index (χ0n) is 19.0. The summed E-state index contributed by atoms with van der Waals surface area (Å²) >= 11 is 6.41. The number of sulfonamides is 1. The molecule has 2 saturated heterocycles. The summed E-state index contributed by atoms with van der Waals surface area (Å²) in [7, 11) is -3.67. The number of anilines is 1. The summed E-state index contributed by atoms with van der Waals surface area (Å²) in [4.78, 5) is 13.1. The van der Waals surface area contributed by atoms with Gasteiger partial charge >= 0.3 is 0 Å². The van der Waals surface area contributed by atoms with Gasteiger partial charge < -0.3 is 10.1 Å². The summed E-state index contributed by atoms with van der Waals surface area (Å²) in [5.41, 5.74) is 0.522. The standard InChI is InChI=1S/C23H28ClN5O4S/c1-16(18-3-2-12-33-15-18)27-21-14-26-29(23(30)22(21)24)19-8-10-28(11-9-19)34(31,32)20-6-4-17(13-25)5-7-20/h4-7,14,16,18-19,27H,2-3,8-12,15H2,1H3/t16?,18-/m1/s1. The van der Waals surface area contributed by atoms with Gasteiger partial charge in [-0.25, -0.2) is 13.1 Å². The first-order valence-electron chi connectivity index (χ1n) is 11.4. The van der Waals surface area contributed by atoms with Crippen LogP contribution in [0.15, 0.2) is 40.2 Å². The van der Waals surface area contributed by atoms with E-state index in [1.807, 2.05) is 13.0 Å². The van der Waals surface area contributed by atoms with Gasteiger partial charge in [-0.3, -0.25) is 4.79 Å². The third kappa shape index (κ3) is 5.13. The van der Waals surface area contributed by atoms with Crippen LogP contribution in [-0.4, -0.2) is 54.8 Å². The van der Waals surface area contributed by atoms with E-state index in [1.54, 1.807) is 6.20 Å². The molecule has 0 saturated carbocycles. The monoisotopic (exact) mass is 505 g/mol. The molecular formula is C23H28ClN5O4S. The molecule has 0 aliphatic carbocycles. The van der Waals surface area contributed by atoms with E-state index < -0.39 is 10.0 Å². The number of nitrogens with zero attached hydrogens (tertiary/aromatic N) is 4. The third-order valence-corrected chi connectivity index (χ3v) is 8.90. The lowest BCUT2D eigenvalue weighted by Crippen LogP contribution is -2.41. The van der Waals surface area contributed by atoms with E-state index in [1.165, 1.54) is 33.3 Å². The highest BCUT2D eigenvalue weighted by Crippen LogP contribution is 2.28. The molecule has 2 aliphatic rings. The highest BCUT2D eigenvalue weighted by atomic mass is 35.5. The number of piperidine rings is 1. The Kier molecular flexibility index (Phi) is 7.57. The largest absolute Gasteiger partial charge is 0.381 e. The van der Waals surface area contributed by atoms with E-state index in [0.29, 0.717) is 36.6 Å². The topological polar surface area (TPSA) is 117 Å².